The standard InChI is InChI=1S/C22H15F9N4O2S/c1-2-38(36,37)16-7-11(14-5-3-12(20(23,24)25)8-15(14)22(29,30)31)9-34-18(16)19(32)35-17-6-4-13(10-33-17)21(26,27)28/h3-10H,2H2,1H3,(H2,32,33,35). The summed E-state index contributed by atoms with van der Waals surface area (Å²) in [6, 6.07) is 3.04. The van der Waals surface area contributed by atoms with Gasteiger partial charge >= 0.3 is 18.5 Å². The predicted molar refractivity (Wildman–Crippen MR) is 117 cm³/mol. The van der Waals surface area contributed by atoms with Gasteiger partial charge in [-0.3, -0.25) is 10.4 Å². The van der Waals surface area contributed by atoms with Gasteiger partial charge in [0, 0.05) is 18.0 Å². The van der Waals surface area contributed by atoms with E-state index in [0.29, 0.717) is 24.4 Å². The summed E-state index contributed by atoms with van der Waals surface area (Å²) < 4.78 is 143. The van der Waals surface area contributed by atoms with Crippen LogP contribution in [0.5, 0.6) is 0 Å². The summed E-state index contributed by atoms with van der Waals surface area (Å²) in [4.78, 5) is 6.51. The Kier molecular flexibility index (Phi) is 7.51. The number of hydrogen-bond acceptors (Lipinski definition) is 5. The van der Waals surface area contributed by atoms with Crippen molar-refractivity contribution < 1.29 is 47.9 Å². The highest BCUT2D eigenvalue weighted by molar-refractivity contribution is 7.91. The predicted octanol–water partition coefficient (Wildman–Crippen LogP) is 6.43. The molecule has 0 spiro atoms. The average Bonchev–Trinajstić information content (AvgIpc) is 2.82. The number of rotatable bonds is 5. The van der Waals surface area contributed by atoms with Crippen molar-refractivity contribution in [3.8, 4) is 11.1 Å². The zero-order valence-electron chi connectivity index (χ0n) is 18.8. The zero-order chi connectivity index (χ0) is 28.7. The van der Waals surface area contributed by atoms with Crippen molar-refractivity contribution in [3.63, 3.8) is 0 Å². The van der Waals surface area contributed by atoms with E-state index in [1.807, 2.05) is 0 Å². The van der Waals surface area contributed by atoms with E-state index in [1.165, 1.54) is 6.92 Å². The summed E-state index contributed by atoms with van der Waals surface area (Å²) in [6.07, 6.45) is -13.8. The number of pyridine rings is 2. The van der Waals surface area contributed by atoms with E-state index in [1.54, 1.807) is 0 Å². The van der Waals surface area contributed by atoms with Crippen molar-refractivity contribution in [3.05, 3.63) is 71.2 Å². The van der Waals surface area contributed by atoms with Crippen LogP contribution in [0.4, 0.5) is 45.3 Å². The molecule has 0 aliphatic heterocycles. The largest absolute Gasteiger partial charge is 0.417 e. The number of benzene rings is 1. The molecule has 0 amide bonds. The lowest BCUT2D eigenvalue weighted by molar-refractivity contribution is -0.143. The average molecular weight is 570 g/mol. The van der Waals surface area contributed by atoms with E-state index >= 15 is 0 Å². The van der Waals surface area contributed by atoms with Crippen molar-refractivity contribution in [1.82, 2.24) is 9.97 Å². The molecule has 0 aliphatic carbocycles. The minimum Gasteiger partial charge on any atom is -0.324 e. The van der Waals surface area contributed by atoms with Crippen molar-refractivity contribution in [2.45, 2.75) is 30.3 Å². The highest BCUT2D eigenvalue weighted by atomic mass is 32.2. The van der Waals surface area contributed by atoms with Gasteiger partial charge in [-0.2, -0.15) is 39.5 Å². The van der Waals surface area contributed by atoms with Gasteiger partial charge in [-0.25, -0.2) is 13.4 Å². The fourth-order valence-corrected chi connectivity index (χ4v) is 4.27. The second-order valence-corrected chi connectivity index (χ2v) is 9.91. The lowest BCUT2D eigenvalue weighted by atomic mass is 9.97. The molecule has 1 aromatic carbocycles. The molecule has 0 bridgehead atoms. The Morgan fingerprint density at radius 3 is 1.95 bits per heavy atom. The molecule has 6 nitrogen and oxygen atoms in total. The first kappa shape index (κ1) is 28.9. The third kappa shape index (κ3) is 6.23. The molecule has 0 unspecified atom stereocenters. The smallest absolute Gasteiger partial charge is 0.324 e. The Hall–Kier alpha value is -3.69. The molecular weight excluding hydrogens is 555 g/mol. The summed E-state index contributed by atoms with van der Waals surface area (Å²) in [6.45, 7) is 1.19. The Bertz CT molecular complexity index is 1460. The van der Waals surface area contributed by atoms with Crippen LogP contribution in [0, 0.1) is 5.41 Å². The first-order valence-electron chi connectivity index (χ1n) is 10.3. The molecule has 3 rings (SSSR count). The Labute approximate surface area is 209 Å². The highest BCUT2D eigenvalue weighted by Crippen LogP contribution is 2.41. The van der Waals surface area contributed by atoms with Crippen molar-refractivity contribution >= 4 is 21.5 Å². The molecule has 2 N–H and O–H groups in total. The molecule has 0 fully saturated rings. The van der Waals surface area contributed by atoms with Crippen molar-refractivity contribution in [2.75, 3.05) is 11.1 Å². The van der Waals surface area contributed by atoms with Gasteiger partial charge in [0.05, 0.1) is 27.3 Å². The Morgan fingerprint density at radius 2 is 1.45 bits per heavy atom. The maximum absolute atomic E-state index is 13.6. The summed E-state index contributed by atoms with van der Waals surface area (Å²) in [5.74, 6) is -1.65. The molecule has 3 aromatic rings. The molecule has 38 heavy (non-hydrogen) atoms. The minimum atomic E-state index is -5.25. The van der Waals surface area contributed by atoms with Crippen LogP contribution in [0.3, 0.4) is 0 Å². The van der Waals surface area contributed by atoms with Crippen LogP contribution in [0.2, 0.25) is 0 Å². The Balaban J connectivity index is 2.11. The quantitative estimate of drug-likeness (QED) is 0.209. The number of aromatic nitrogens is 2. The number of anilines is 1. The highest BCUT2D eigenvalue weighted by Gasteiger charge is 2.39. The van der Waals surface area contributed by atoms with Gasteiger partial charge in [0.15, 0.2) is 15.7 Å². The van der Waals surface area contributed by atoms with Crippen LogP contribution < -0.4 is 5.32 Å². The maximum Gasteiger partial charge on any atom is 0.417 e. The van der Waals surface area contributed by atoms with E-state index in [2.05, 4.69) is 15.3 Å². The summed E-state index contributed by atoms with van der Waals surface area (Å²) >= 11 is 0. The van der Waals surface area contributed by atoms with Crippen LogP contribution in [-0.4, -0.2) is 30.0 Å². The van der Waals surface area contributed by atoms with E-state index < -0.39 is 78.4 Å². The number of nitrogens with one attached hydrogen (secondary N) is 2. The van der Waals surface area contributed by atoms with Gasteiger partial charge in [-0.15, -0.1) is 0 Å². The molecule has 0 saturated carbocycles. The monoisotopic (exact) mass is 570 g/mol. The summed E-state index contributed by atoms with van der Waals surface area (Å²) in [5, 5.41) is 10.4. The first-order chi connectivity index (χ1) is 17.3. The van der Waals surface area contributed by atoms with Gasteiger partial charge in [0.1, 0.15) is 11.5 Å². The minimum absolute atomic E-state index is 0.114. The summed E-state index contributed by atoms with van der Waals surface area (Å²) in [5.41, 5.74) is -6.25. The molecule has 0 radical (unpaired) electrons. The first-order valence-corrected chi connectivity index (χ1v) is 11.9. The number of sulfone groups is 1. The van der Waals surface area contributed by atoms with Crippen LogP contribution in [-0.2, 0) is 28.4 Å². The second kappa shape index (κ2) is 9.89. The van der Waals surface area contributed by atoms with Crippen molar-refractivity contribution in [1.29, 1.82) is 5.41 Å². The number of hydrogen-bond donors (Lipinski definition) is 2. The fraction of sp³-hybridized carbons (Fsp3) is 0.227. The van der Waals surface area contributed by atoms with Crippen LogP contribution in [0.25, 0.3) is 11.1 Å². The lowest BCUT2D eigenvalue weighted by Crippen LogP contribution is -2.20. The molecular formula is C22H15F9N4O2S. The van der Waals surface area contributed by atoms with Gasteiger partial charge in [0.2, 0.25) is 0 Å². The molecule has 0 saturated heterocycles. The third-order valence-corrected chi connectivity index (χ3v) is 6.85. The number of halogens is 9. The summed E-state index contributed by atoms with van der Waals surface area (Å²) in [7, 11) is -4.28. The molecule has 2 aromatic heterocycles. The molecule has 0 atom stereocenters. The van der Waals surface area contributed by atoms with Gasteiger partial charge in [-0.05, 0) is 35.9 Å². The topological polar surface area (TPSA) is 95.8 Å². The van der Waals surface area contributed by atoms with Gasteiger partial charge < -0.3 is 5.32 Å². The second-order valence-electron chi connectivity index (χ2n) is 7.66. The molecule has 204 valence electrons. The molecule has 2 heterocycles. The van der Waals surface area contributed by atoms with Crippen molar-refractivity contribution in [2.24, 2.45) is 0 Å². The number of alkyl halides is 9. The van der Waals surface area contributed by atoms with E-state index in [4.69, 9.17) is 5.41 Å². The lowest BCUT2D eigenvalue weighted by Gasteiger charge is -2.17. The number of amidine groups is 1. The Morgan fingerprint density at radius 1 is 0.842 bits per heavy atom. The van der Waals surface area contributed by atoms with E-state index in [9.17, 15) is 47.9 Å². The molecule has 0 aliphatic rings. The molecule has 16 heteroatoms. The van der Waals surface area contributed by atoms with Crippen LogP contribution in [0.1, 0.15) is 29.3 Å². The maximum atomic E-state index is 13.6. The van der Waals surface area contributed by atoms with Crippen LogP contribution in [0.15, 0.2) is 53.7 Å². The van der Waals surface area contributed by atoms with Crippen LogP contribution >= 0.6 is 0 Å². The van der Waals surface area contributed by atoms with E-state index in [0.717, 1.165) is 18.3 Å². The fourth-order valence-electron chi connectivity index (χ4n) is 3.20. The zero-order valence-corrected chi connectivity index (χ0v) is 19.7. The van der Waals surface area contributed by atoms with Gasteiger partial charge in [-0.1, -0.05) is 13.0 Å². The van der Waals surface area contributed by atoms with Gasteiger partial charge in [0.25, 0.3) is 0 Å². The van der Waals surface area contributed by atoms with E-state index in [-0.39, 0.29) is 11.9 Å². The SMILES string of the molecule is CCS(=O)(=O)c1cc(-c2ccc(C(F)(F)F)cc2C(F)(F)F)cnc1C(=N)Nc1ccc(C(F)(F)F)cn1. The normalized spacial score (nSPS) is 12.9. The third-order valence-electron chi connectivity index (χ3n) is 5.11. The number of nitrogens with zero attached hydrogens (tertiary/aromatic N) is 2.